The zero-order valence-corrected chi connectivity index (χ0v) is 34.6. The molecule has 23 heteroatoms. The molecule has 326 valence electrons. The molecule has 0 radical (unpaired) electrons. The van der Waals surface area contributed by atoms with Gasteiger partial charge in [0.05, 0.1) is 44.6 Å². The number of hydrogen-bond acceptors (Lipinski definition) is 15. The fraction of sp³-hybridized carbons (Fsp3) is 0.667. The number of aromatic amines is 2. The summed E-state index contributed by atoms with van der Waals surface area (Å²) in [4.78, 5) is 43.8. The van der Waals surface area contributed by atoms with Crippen LogP contribution < -0.4 is 14.9 Å². The molecule has 59 heavy (non-hydrogen) atoms. The van der Waals surface area contributed by atoms with Gasteiger partial charge in [0.25, 0.3) is 20.0 Å². The molecule has 2 fully saturated rings. The van der Waals surface area contributed by atoms with Gasteiger partial charge in [0.1, 0.15) is 0 Å². The molecule has 0 aliphatic heterocycles. The van der Waals surface area contributed by atoms with Crippen LogP contribution in [-0.2, 0) is 42.7 Å². The van der Waals surface area contributed by atoms with E-state index in [1.165, 1.54) is 89.3 Å². The summed E-state index contributed by atoms with van der Waals surface area (Å²) in [6.45, 7) is -0.321. The second-order valence-electron chi connectivity index (χ2n) is 15.2. The van der Waals surface area contributed by atoms with E-state index in [1.807, 2.05) is 0 Å². The van der Waals surface area contributed by atoms with E-state index in [0.29, 0.717) is 12.8 Å². The highest BCUT2D eigenvalue weighted by molar-refractivity contribution is 7.89. The number of carboxylic acids is 1. The Morgan fingerprint density at radius 2 is 1.15 bits per heavy atom. The Kier molecular flexibility index (Phi) is 17.5. The van der Waals surface area contributed by atoms with Crippen LogP contribution in [0, 0.1) is 11.8 Å². The second kappa shape index (κ2) is 22.7. The van der Waals surface area contributed by atoms with Crippen LogP contribution in [0.3, 0.4) is 0 Å². The Labute approximate surface area is 342 Å². The highest BCUT2D eigenvalue weighted by Crippen LogP contribution is 2.32. The van der Waals surface area contributed by atoms with E-state index in [9.17, 15) is 31.5 Å². The summed E-state index contributed by atoms with van der Waals surface area (Å²) in [6, 6.07) is 0. The minimum atomic E-state index is -3.76. The fourth-order valence-corrected chi connectivity index (χ4v) is 9.39. The number of carbonyl (C=O) groups excluding carboxylic acids is 1. The average Bonchev–Trinajstić information content (AvgIpc) is 4.08. The number of rotatable bonds is 22. The third-order valence-corrected chi connectivity index (χ3v) is 13.4. The normalized spacial score (nSPS) is 16.6. The van der Waals surface area contributed by atoms with Crippen molar-refractivity contribution in [2.45, 2.75) is 151 Å². The Balaban J connectivity index is 0.000000224. The van der Waals surface area contributed by atoms with Crippen LogP contribution in [0.5, 0.6) is 0 Å². The molecule has 0 saturated heterocycles. The number of amides is 1. The molecular formula is C36H55N11O10S2. The summed E-state index contributed by atoms with van der Waals surface area (Å²) < 4.78 is 63.7. The van der Waals surface area contributed by atoms with Crippen LogP contribution in [0.25, 0.3) is 0 Å². The van der Waals surface area contributed by atoms with Crippen molar-refractivity contribution in [3.63, 3.8) is 0 Å². The Morgan fingerprint density at radius 1 is 0.712 bits per heavy atom. The van der Waals surface area contributed by atoms with Crippen LogP contribution in [-0.4, -0.2) is 79.2 Å². The maximum absolute atomic E-state index is 12.1. The maximum atomic E-state index is 12.1. The quantitative estimate of drug-likeness (QED) is 0.0420. The van der Waals surface area contributed by atoms with Crippen LogP contribution in [0.1, 0.15) is 151 Å². The van der Waals surface area contributed by atoms with Crippen molar-refractivity contribution < 1.29 is 45.8 Å². The topological polar surface area (TPSA) is 314 Å². The lowest BCUT2D eigenvalue weighted by atomic mass is 9.84. The van der Waals surface area contributed by atoms with Crippen LogP contribution in [0.15, 0.2) is 44.1 Å². The van der Waals surface area contributed by atoms with Gasteiger partial charge in [0, 0.05) is 18.3 Å². The van der Waals surface area contributed by atoms with Crippen molar-refractivity contribution >= 4 is 31.9 Å². The van der Waals surface area contributed by atoms with Gasteiger partial charge < -0.3 is 24.1 Å². The molecule has 4 heterocycles. The van der Waals surface area contributed by atoms with E-state index < -0.39 is 31.9 Å². The average molecular weight is 866 g/mol. The van der Waals surface area contributed by atoms with Crippen molar-refractivity contribution in [1.29, 1.82) is 0 Å². The number of sulfonamides is 2. The molecule has 2 saturated carbocycles. The zero-order chi connectivity index (χ0) is 42.1. The number of H-pyrrole nitrogens is 2. The summed E-state index contributed by atoms with van der Waals surface area (Å²) in [5, 5.41) is 25.6. The molecule has 0 bridgehead atoms. The Hall–Kier alpha value is -4.58. The van der Waals surface area contributed by atoms with E-state index >= 15 is 0 Å². The lowest BCUT2D eigenvalue weighted by Gasteiger charge is -2.22. The fourth-order valence-electron chi connectivity index (χ4n) is 7.63. The second-order valence-corrected chi connectivity index (χ2v) is 18.6. The molecule has 7 N–H and O–H groups in total. The number of imidazole rings is 2. The predicted molar refractivity (Wildman–Crippen MR) is 207 cm³/mol. The van der Waals surface area contributed by atoms with E-state index in [0.717, 1.165) is 37.5 Å². The van der Waals surface area contributed by atoms with Gasteiger partial charge in [-0.1, -0.05) is 100 Å². The van der Waals surface area contributed by atoms with Crippen LogP contribution in [0.4, 0.5) is 0 Å². The molecule has 2 aliphatic rings. The number of nitrogens with one attached hydrogen (secondary N) is 5. The van der Waals surface area contributed by atoms with Gasteiger partial charge in [0.2, 0.25) is 17.7 Å². The van der Waals surface area contributed by atoms with Gasteiger partial charge in [-0.2, -0.15) is 9.97 Å². The van der Waals surface area contributed by atoms with Gasteiger partial charge in [-0.3, -0.25) is 14.8 Å². The van der Waals surface area contributed by atoms with Crippen molar-refractivity contribution in [1.82, 2.24) is 55.1 Å². The minimum absolute atomic E-state index is 0.0165. The van der Waals surface area contributed by atoms with E-state index in [2.05, 4.69) is 49.7 Å². The molecule has 0 spiro atoms. The van der Waals surface area contributed by atoms with E-state index in [4.69, 9.17) is 14.3 Å². The van der Waals surface area contributed by atoms with Gasteiger partial charge in [-0.15, -0.1) is 0 Å². The molecule has 4 aromatic heterocycles. The number of carboxylic acid groups (broad SMARTS) is 1. The molecule has 0 unspecified atom stereocenters. The molecule has 0 aromatic carbocycles. The SMILES string of the molecule is O=C(C[C@@H](CCCC1CCCCC1)c1nc(CNS(=O)(=O)c2cnc[nH]2)no1)NO.O=C(O)C[C@@H](CCCC1CCCCC1)c1nc(CNS(=O)(=O)c2cnc[nH]2)no1. The predicted octanol–water partition coefficient (Wildman–Crippen LogP) is 4.58. The van der Waals surface area contributed by atoms with Gasteiger partial charge >= 0.3 is 5.97 Å². The zero-order valence-electron chi connectivity index (χ0n) is 32.9. The highest BCUT2D eigenvalue weighted by Gasteiger charge is 2.26. The van der Waals surface area contributed by atoms with Gasteiger partial charge in [-0.05, 0) is 24.7 Å². The van der Waals surface area contributed by atoms with E-state index in [1.54, 1.807) is 5.48 Å². The van der Waals surface area contributed by atoms with E-state index in [-0.39, 0.29) is 71.2 Å². The van der Waals surface area contributed by atoms with Crippen molar-refractivity contribution in [3.8, 4) is 0 Å². The van der Waals surface area contributed by atoms with Crippen molar-refractivity contribution in [3.05, 3.63) is 48.5 Å². The van der Waals surface area contributed by atoms with Crippen LogP contribution in [0.2, 0.25) is 0 Å². The molecule has 2 aliphatic carbocycles. The summed E-state index contributed by atoms with van der Waals surface area (Å²) >= 11 is 0. The third kappa shape index (κ3) is 14.9. The lowest BCUT2D eigenvalue weighted by molar-refractivity contribution is -0.137. The Bertz CT molecular complexity index is 2060. The first-order valence-electron chi connectivity index (χ1n) is 20.2. The number of hydroxylamine groups is 1. The summed E-state index contributed by atoms with van der Waals surface area (Å²) in [6.07, 6.45) is 22.9. The molecule has 1 amide bonds. The first-order valence-corrected chi connectivity index (χ1v) is 23.1. The summed E-state index contributed by atoms with van der Waals surface area (Å²) in [5.74, 6) is 0.105. The monoisotopic (exact) mass is 865 g/mol. The maximum Gasteiger partial charge on any atom is 0.304 e. The first kappa shape index (κ1) is 45.5. The van der Waals surface area contributed by atoms with Crippen LogP contribution >= 0.6 is 0 Å². The highest BCUT2D eigenvalue weighted by atomic mass is 32.2. The largest absolute Gasteiger partial charge is 0.481 e. The van der Waals surface area contributed by atoms with Crippen molar-refractivity contribution in [2.24, 2.45) is 11.8 Å². The number of nitrogens with zero attached hydrogens (tertiary/aromatic N) is 6. The third-order valence-electron chi connectivity index (χ3n) is 10.8. The molecule has 21 nitrogen and oxygen atoms in total. The minimum Gasteiger partial charge on any atom is -0.481 e. The number of hydrogen-bond donors (Lipinski definition) is 7. The molecule has 6 rings (SSSR count). The first-order chi connectivity index (χ1) is 28.4. The number of aromatic nitrogens is 8. The lowest BCUT2D eigenvalue weighted by Crippen LogP contribution is -2.24. The number of aliphatic carboxylic acids is 1. The van der Waals surface area contributed by atoms with Crippen molar-refractivity contribution in [2.75, 3.05) is 0 Å². The summed E-state index contributed by atoms with van der Waals surface area (Å²) in [7, 11) is -7.52. The smallest absolute Gasteiger partial charge is 0.304 e. The van der Waals surface area contributed by atoms with Gasteiger partial charge in [-0.25, -0.2) is 41.7 Å². The number of carbonyl (C=O) groups is 2. The molecular weight excluding hydrogens is 811 g/mol. The Morgan fingerprint density at radius 3 is 1.54 bits per heavy atom. The molecule has 4 aromatic rings. The standard InChI is InChI=1S/C18H28N6O5S.C18H27N5O5S/c25-16(23-26)9-14(8-4-7-13-5-2-1-3-6-13)18-22-15(24-29-18)10-21-30(27,28)17-11-19-12-20-17;24-17(25)9-14(8-4-7-13-5-2-1-3-6-13)18-22-15(23-28-18)10-21-29(26,27)16-11-19-12-20-16/h11-14,21,26H,1-10H2,(H,19,20)(H,23,25);11-14,21H,1-10H2,(H,19,20)(H,24,25)/t2*14-/m11/s1. The molecule has 2 atom stereocenters. The summed E-state index contributed by atoms with van der Waals surface area (Å²) in [5.41, 5.74) is 1.64. The van der Waals surface area contributed by atoms with Gasteiger partial charge in [0.15, 0.2) is 21.7 Å².